The first-order valence-corrected chi connectivity index (χ1v) is 14.2. The van der Waals surface area contributed by atoms with Crippen LogP contribution in [0.3, 0.4) is 0 Å². The first-order valence-electron chi connectivity index (χ1n) is 12.5. The molecular formula is C26H30F4N4O4S. The van der Waals surface area contributed by atoms with E-state index in [1.54, 1.807) is 29.2 Å². The summed E-state index contributed by atoms with van der Waals surface area (Å²) in [6, 6.07) is 11.2. The molecule has 212 valence electrons. The fourth-order valence-corrected chi connectivity index (χ4v) is 5.51. The van der Waals surface area contributed by atoms with Gasteiger partial charge in [-0.1, -0.05) is 6.07 Å². The van der Waals surface area contributed by atoms with Gasteiger partial charge < -0.3 is 20.2 Å². The molecule has 3 N–H and O–H groups in total. The van der Waals surface area contributed by atoms with Crippen molar-refractivity contribution in [2.75, 3.05) is 58.4 Å². The monoisotopic (exact) mass is 570 g/mol. The Labute approximate surface area is 224 Å². The Balaban J connectivity index is 1.57. The SMILES string of the molecule is O=C(Nc1cccc(N2CCC(F)(F)CC2)c1)c1ccc(NS(=O)(=O)CCO)cc1N1CCC(=C(F)F)CC1. The number of aliphatic hydroxyl groups is 1. The number of alkyl halides is 2. The number of nitrogens with one attached hydrogen (secondary N) is 2. The Morgan fingerprint density at radius 1 is 0.949 bits per heavy atom. The Morgan fingerprint density at radius 3 is 2.28 bits per heavy atom. The van der Waals surface area contributed by atoms with Gasteiger partial charge in [-0.05, 0) is 54.8 Å². The van der Waals surface area contributed by atoms with Crippen LogP contribution in [0.25, 0.3) is 0 Å². The number of aliphatic hydroxyl groups excluding tert-OH is 1. The molecule has 0 spiro atoms. The number of carbonyl (C=O) groups is 1. The molecule has 2 aromatic carbocycles. The van der Waals surface area contributed by atoms with Crippen molar-refractivity contribution in [3.05, 3.63) is 59.7 Å². The van der Waals surface area contributed by atoms with Gasteiger partial charge in [0.15, 0.2) is 0 Å². The molecule has 4 rings (SSSR count). The van der Waals surface area contributed by atoms with Gasteiger partial charge in [0.25, 0.3) is 17.9 Å². The number of sulfonamides is 1. The summed E-state index contributed by atoms with van der Waals surface area (Å²) in [7, 11) is -3.83. The van der Waals surface area contributed by atoms with E-state index in [1.807, 2.05) is 4.90 Å². The Bertz CT molecular complexity index is 1330. The third kappa shape index (κ3) is 7.41. The minimum atomic E-state index is -3.83. The van der Waals surface area contributed by atoms with Gasteiger partial charge in [0.1, 0.15) is 0 Å². The average Bonchev–Trinajstić information content (AvgIpc) is 2.88. The first kappa shape index (κ1) is 28.7. The van der Waals surface area contributed by atoms with Gasteiger partial charge >= 0.3 is 0 Å². The van der Waals surface area contributed by atoms with Gasteiger partial charge in [0.05, 0.1) is 29.3 Å². The number of piperidine rings is 2. The lowest BCUT2D eigenvalue weighted by atomic mass is 10.0. The van der Waals surface area contributed by atoms with Crippen LogP contribution in [-0.4, -0.2) is 63.9 Å². The van der Waals surface area contributed by atoms with Gasteiger partial charge in [-0.25, -0.2) is 17.2 Å². The summed E-state index contributed by atoms with van der Waals surface area (Å²) >= 11 is 0. The van der Waals surface area contributed by atoms with Crippen molar-refractivity contribution in [3.8, 4) is 0 Å². The predicted octanol–water partition coefficient (Wildman–Crippen LogP) is 4.66. The standard InChI is InChI=1S/C26H30F4N4O4S/c27-24(28)18-6-10-34(11-7-18)23-17-20(32-39(37,38)15-14-35)4-5-22(23)25(36)31-19-2-1-3-21(16-19)33-12-8-26(29,30)9-13-33/h1-5,16-17,32,35H,6-15H2,(H,31,36). The van der Waals surface area contributed by atoms with Crippen LogP contribution in [0.5, 0.6) is 0 Å². The van der Waals surface area contributed by atoms with Crippen LogP contribution in [0.2, 0.25) is 0 Å². The number of carbonyl (C=O) groups excluding carboxylic acids is 1. The fourth-order valence-electron chi connectivity index (χ4n) is 4.68. The molecule has 2 aliphatic rings. The number of anilines is 4. The van der Waals surface area contributed by atoms with Crippen LogP contribution in [0.1, 0.15) is 36.0 Å². The van der Waals surface area contributed by atoms with Gasteiger partial charge in [0.2, 0.25) is 10.0 Å². The number of benzene rings is 2. The predicted molar refractivity (Wildman–Crippen MR) is 142 cm³/mol. The van der Waals surface area contributed by atoms with E-state index in [0.29, 0.717) is 17.1 Å². The normalized spacial score (nSPS) is 17.6. The summed E-state index contributed by atoms with van der Waals surface area (Å²) in [6.07, 6.45) is -2.02. The highest BCUT2D eigenvalue weighted by Crippen LogP contribution is 2.33. The lowest BCUT2D eigenvalue weighted by Gasteiger charge is -2.33. The zero-order chi connectivity index (χ0) is 28.2. The van der Waals surface area contributed by atoms with Crippen molar-refractivity contribution in [1.29, 1.82) is 0 Å². The Hall–Kier alpha value is -3.32. The van der Waals surface area contributed by atoms with Crippen LogP contribution < -0.4 is 19.8 Å². The van der Waals surface area contributed by atoms with Crippen LogP contribution in [-0.2, 0) is 10.0 Å². The molecule has 2 heterocycles. The second-order valence-electron chi connectivity index (χ2n) is 9.57. The van der Waals surface area contributed by atoms with Crippen LogP contribution in [0.15, 0.2) is 54.1 Å². The zero-order valence-electron chi connectivity index (χ0n) is 21.1. The smallest absolute Gasteiger partial charge is 0.269 e. The molecule has 39 heavy (non-hydrogen) atoms. The second-order valence-corrected chi connectivity index (χ2v) is 11.4. The molecule has 2 fully saturated rings. The number of halogens is 4. The molecule has 2 aliphatic heterocycles. The Kier molecular flexibility index (Phi) is 8.70. The molecule has 0 saturated carbocycles. The lowest BCUT2D eigenvalue weighted by molar-refractivity contribution is -0.0220. The molecule has 2 saturated heterocycles. The van der Waals surface area contributed by atoms with Crippen molar-refractivity contribution < 1.29 is 35.9 Å². The first-order chi connectivity index (χ1) is 18.5. The van der Waals surface area contributed by atoms with E-state index in [4.69, 9.17) is 5.11 Å². The van der Waals surface area contributed by atoms with Gasteiger partial charge in [0, 0.05) is 50.4 Å². The summed E-state index contributed by atoms with van der Waals surface area (Å²) in [4.78, 5) is 16.9. The highest BCUT2D eigenvalue weighted by atomic mass is 32.2. The summed E-state index contributed by atoms with van der Waals surface area (Å²) in [6.45, 7) is 0.210. The molecule has 0 bridgehead atoms. The number of hydrogen-bond donors (Lipinski definition) is 3. The minimum absolute atomic E-state index is 0.0457. The van der Waals surface area contributed by atoms with Crippen molar-refractivity contribution in [1.82, 2.24) is 0 Å². The molecule has 0 radical (unpaired) electrons. The Morgan fingerprint density at radius 2 is 1.64 bits per heavy atom. The molecule has 2 aromatic rings. The van der Waals surface area contributed by atoms with E-state index in [-0.39, 0.29) is 68.7 Å². The maximum Gasteiger partial charge on any atom is 0.269 e. The number of amides is 1. The molecule has 0 unspecified atom stereocenters. The van der Waals surface area contributed by atoms with E-state index in [0.717, 1.165) is 0 Å². The van der Waals surface area contributed by atoms with E-state index in [9.17, 15) is 30.8 Å². The van der Waals surface area contributed by atoms with Crippen molar-refractivity contribution in [2.24, 2.45) is 0 Å². The van der Waals surface area contributed by atoms with Crippen molar-refractivity contribution in [3.63, 3.8) is 0 Å². The highest BCUT2D eigenvalue weighted by Gasteiger charge is 2.34. The van der Waals surface area contributed by atoms with E-state index in [1.165, 1.54) is 18.2 Å². The molecule has 13 heteroatoms. The zero-order valence-corrected chi connectivity index (χ0v) is 21.9. The number of rotatable bonds is 8. The molecule has 0 aliphatic carbocycles. The molecular weight excluding hydrogens is 540 g/mol. The number of hydrogen-bond acceptors (Lipinski definition) is 6. The summed E-state index contributed by atoms with van der Waals surface area (Å²) < 4.78 is 80.0. The molecule has 0 aromatic heterocycles. The van der Waals surface area contributed by atoms with Crippen LogP contribution in [0, 0.1) is 0 Å². The quantitative estimate of drug-likeness (QED) is 0.399. The van der Waals surface area contributed by atoms with E-state index >= 15 is 0 Å². The maximum absolute atomic E-state index is 13.6. The summed E-state index contributed by atoms with van der Waals surface area (Å²) in [5.41, 5.74) is 1.92. The van der Waals surface area contributed by atoms with E-state index in [2.05, 4.69) is 10.0 Å². The van der Waals surface area contributed by atoms with Crippen LogP contribution in [0.4, 0.5) is 40.3 Å². The topological polar surface area (TPSA) is 102 Å². The molecule has 8 nitrogen and oxygen atoms in total. The van der Waals surface area contributed by atoms with Gasteiger partial charge in [-0.2, -0.15) is 8.78 Å². The van der Waals surface area contributed by atoms with Gasteiger partial charge in [-0.3, -0.25) is 9.52 Å². The minimum Gasteiger partial charge on any atom is -0.395 e. The average molecular weight is 571 g/mol. The second kappa shape index (κ2) is 11.8. The third-order valence-electron chi connectivity index (χ3n) is 6.81. The van der Waals surface area contributed by atoms with E-state index < -0.39 is 40.3 Å². The number of nitrogens with zero attached hydrogens (tertiary/aromatic N) is 2. The maximum atomic E-state index is 13.6. The van der Waals surface area contributed by atoms with Crippen molar-refractivity contribution >= 4 is 38.7 Å². The largest absolute Gasteiger partial charge is 0.395 e. The fraction of sp³-hybridized carbons (Fsp3) is 0.423. The molecule has 0 atom stereocenters. The van der Waals surface area contributed by atoms with Crippen molar-refractivity contribution in [2.45, 2.75) is 31.6 Å². The lowest BCUT2D eigenvalue weighted by Crippen LogP contribution is -2.39. The summed E-state index contributed by atoms with van der Waals surface area (Å²) in [5, 5.41) is 11.8. The third-order valence-corrected chi connectivity index (χ3v) is 8.08. The summed E-state index contributed by atoms with van der Waals surface area (Å²) in [5.74, 6) is -3.70. The molecule has 1 amide bonds. The van der Waals surface area contributed by atoms with Crippen LogP contribution >= 0.6 is 0 Å². The highest BCUT2D eigenvalue weighted by molar-refractivity contribution is 7.92. The van der Waals surface area contributed by atoms with Gasteiger partial charge in [-0.15, -0.1) is 0 Å².